The smallest absolute Gasteiger partial charge is 0.160 e. The third kappa shape index (κ3) is 4.80. The van der Waals surface area contributed by atoms with Crippen LogP contribution in [-0.2, 0) is 5.41 Å². The van der Waals surface area contributed by atoms with Crippen molar-refractivity contribution in [2.45, 2.75) is 5.41 Å². The highest BCUT2D eigenvalue weighted by atomic mass is 14.9. The summed E-state index contributed by atoms with van der Waals surface area (Å²) in [6.45, 7) is 0. The van der Waals surface area contributed by atoms with Crippen LogP contribution in [0.25, 0.3) is 78.4 Å². The molecule has 256 valence electrons. The van der Waals surface area contributed by atoms with E-state index in [1.165, 1.54) is 55.6 Å². The fourth-order valence-electron chi connectivity index (χ4n) is 9.07. The Balaban J connectivity index is 1.04. The summed E-state index contributed by atoms with van der Waals surface area (Å²) in [4.78, 5) is 14.5. The van der Waals surface area contributed by atoms with Crippen LogP contribution in [0, 0.1) is 0 Å². The van der Waals surface area contributed by atoms with Crippen LogP contribution in [0.4, 0.5) is 0 Å². The zero-order valence-electron chi connectivity index (χ0n) is 29.9. The van der Waals surface area contributed by atoms with Crippen molar-refractivity contribution in [2.75, 3.05) is 0 Å². The Bertz CT molecular complexity index is 2870. The Kier molecular flexibility index (Phi) is 7.08. The average Bonchev–Trinajstić information content (AvgIpc) is 3.75. The van der Waals surface area contributed by atoms with Gasteiger partial charge in [0.15, 0.2) is 5.82 Å². The standard InChI is InChI=1S/C52H33N3/c1-2-12-34(13-3-1)38-14-10-15-39(32-38)51-54-48(33-49(55-51)37-28-30-53-31-29-37)36-26-24-35(25-27-36)40-19-11-23-47-50(40)43-18-6-9-22-46(43)52(47)44-20-7-4-16-41(44)42-17-5-8-21-45(42)52/h1-33H. The molecule has 7 aromatic carbocycles. The van der Waals surface area contributed by atoms with E-state index in [1.54, 1.807) is 0 Å². The van der Waals surface area contributed by atoms with Gasteiger partial charge in [-0.1, -0.05) is 164 Å². The lowest BCUT2D eigenvalue weighted by atomic mass is 9.70. The second-order valence-corrected chi connectivity index (χ2v) is 14.3. The monoisotopic (exact) mass is 699 g/mol. The third-order valence-electron chi connectivity index (χ3n) is 11.4. The maximum Gasteiger partial charge on any atom is 0.160 e. The summed E-state index contributed by atoms with van der Waals surface area (Å²) in [5.41, 5.74) is 19.7. The van der Waals surface area contributed by atoms with Gasteiger partial charge in [-0.15, -0.1) is 0 Å². The maximum absolute atomic E-state index is 5.19. The molecule has 11 rings (SSSR count). The third-order valence-corrected chi connectivity index (χ3v) is 11.4. The Morgan fingerprint density at radius 2 is 0.800 bits per heavy atom. The highest BCUT2D eigenvalue weighted by Gasteiger charge is 2.51. The second kappa shape index (κ2) is 12.4. The highest BCUT2D eigenvalue weighted by molar-refractivity contribution is 6.00. The van der Waals surface area contributed by atoms with Crippen molar-refractivity contribution < 1.29 is 0 Å². The van der Waals surface area contributed by atoms with Crippen LogP contribution in [0.1, 0.15) is 22.3 Å². The number of aromatic nitrogens is 3. The normalized spacial score (nSPS) is 12.9. The van der Waals surface area contributed by atoms with Crippen LogP contribution in [0.5, 0.6) is 0 Å². The molecule has 1 spiro atoms. The number of benzene rings is 7. The van der Waals surface area contributed by atoms with Crippen molar-refractivity contribution in [3.63, 3.8) is 0 Å². The molecule has 0 bridgehead atoms. The topological polar surface area (TPSA) is 38.7 Å². The molecule has 0 aliphatic heterocycles. The molecule has 2 aliphatic rings. The van der Waals surface area contributed by atoms with Crippen molar-refractivity contribution in [3.05, 3.63) is 223 Å². The first-order valence-corrected chi connectivity index (χ1v) is 18.8. The summed E-state index contributed by atoms with van der Waals surface area (Å²) >= 11 is 0. The van der Waals surface area contributed by atoms with Crippen LogP contribution in [-0.4, -0.2) is 15.0 Å². The van der Waals surface area contributed by atoms with E-state index in [0.29, 0.717) is 5.82 Å². The first-order chi connectivity index (χ1) is 27.3. The molecule has 3 heteroatoms. The molecule has 3 nitrogen and oxygen atoms in total. The molecule has 0 fully saturated rings. The van der Waals surface area contributed by atoms with Gasteiger partial charge in [-0.25, -0.2) is 9.97 Å². The minimum atomic E-state index is -0.367. The molecule has 0 atom stereocenters. The van der Waals surface area contributed by atoms with E-state index in [1.807, 2.05) is 30.6 Å². The lowest BCUT2D eigenvalue weighted by Crippen LogP contribution is -2.25. The second-order valence-electron chi connectivity index (χ2n) is 14.3. The van der Waals surface area contributed by atoms with Gasteiger partial charge in [0.25, 0.3) is 0 Å². The van der Waals surface area contributed by atoms with Crippen LogP contribution < -0.4 is 0 Å². The molecule has 2 aromatic heterocycles. The zero-order valence-corrected chi connectivity index (χ0v) is 29.9. The lowest BCUT2D eigenvalue weighted by Gasteiger charge is -2.30. The van der Waals surface area contributed by atoms with Crippen molar-refractivity contribution in [1.29, 1.82) is 0 Å². The van der Waals surface area contributed by atoms with E-state index < -0.39 is 0 Å². The van der Waals surface area contributed by atoms with Gasteiger partial charge in [-0.2, -0.15) is 0 Å². The summed E-state index contributed by atoms with van der Waals surface area (Å²) in [6, 6.07) is 67.7. The number of fused-ring (bicyclic) bond motifs is 10. The summed E-state index contributed by atoms with van der Waals surface area (Å²) in [7, 11) is 0. The van der Waals surface area contributed by atoms with Crippen LogP contribution in [0.2, 0.25) is 0 Å². The van der Waals surface area contributed by atoms with Crippen LogP contribution in [0.15, 0.2) is 200 Å². The first-order valence-electron chi connectivity index (χ1n) is 18.8. The number of hydrogen-bond acceptors (Lipinski definition) is 3. The summed E-state index contributed by atoms with van der Waals surface area (Å²) < 4.78 is 0. The Morgan fingerprint density at radius 3 is 1.49 bits per heavy atom. The molecular weight excluding hydrogens is 667 g/mol. The van der Waals surface area contributed by atoms with E-state index in [9.17, 15) is 0 Å². The Morgan fingerprint density at radius 1 is 0.309 bits per heavy atom. The largest absolute Gasteiger partial charge is 0.265 e. The van der Waals surface area contributed by atoms with Gasteiger partial charge in [0, 0.05) is 29.1 Å². The van der Waals surface area contributed by atoms with Crippen molar-refractivity contribution in [3.8, 4) is 78.4 Å². The average molecular weight is 700 g/mol. The lowest BCUT2D eigenvalue weighted by molar-refractivity contribution is 0.794. The fraction of sp³-hybridized carbons (Fsp3) is 0.0192. The maximum atomic E-state index is 5.19. The molecule has 9 aromatic rings. The van der Waals surface area contributed by atoms with Crippen LogP contribution in [0.3, 0.4) is 0 Å². The van der Waals surface area contributed by atoms with Crippen molar-refractivity contribution >= 4 is 0 Å². The Hall–Kier alpha value is -7.23. The van der Waals surface area contributed by atoms with Gasteiger partial charge < -0.3 is 0 Å². The molecule has 2 heterocycles. The van der Waals surface area contributed by atoms with E-state index in [2.05, 4.69) is 175 Å². The molecule has 0 radical (unpaired) electrons. The molecule has 0 saturated heterocycles. The van der Waals surface area contributed by atoms with Gasteiger partial charge in [-0.3, -0.25) is 4.98 Å². The quantitative estimate of drug-likeness (QED) is 0.179. The van der Waals surface area contributed by atoms with E-state index >= 15 is 0 Å². The summed E-state index contributed by atoms with van der Waals surface area (Å²) in [5, 5.41) is 0. The molecule has 55 heavy (non-hydrogen) atoms. The zero-order chi connectivity index (χ0) is 36.3. The Labute approximate surface area is 320 Å². The van der Waals surface area contributed by atoms with Gasteiger partial charge >= 0.3 is 0 Å². The van der Waals surface area contributed by atoms with E-state index in [4.69, 9.17) is 9.97 Å². The molecule has 0 amide bonds. The SMILES string of the molecule is c1ccc(-c2cccc(-c3nc(-c4ccncc4)cc(-c4ccc(-c5cccc6c5-c5ccccc5C65c6ccccc6-c6ccccc65)cc4)n3)c2)cc1. The van der Waals surface area contributed by atoms with E-state index in [-0.39, 0.29) is 5.41 Å². The molecular formula is C52H33N3. The summed E-state index contributed by atoms with van der Waals surface area (Å²) in [6.07, 6.45) is 3.62. The number of nitrogens with zero attached hydrogens (tertiary/aromatic N) is 3. The van der Waals surface area contributed by atoms with Gasteiger partial charge in [-0.05, 0) is 91.0 Å². The number of hydrogen-bond donors (Lipinski definition) is 0. The summed E-state index contributed by atoms with van der Waals surface area (Å²) in [5.74, 6) is 0.686. The van der Waals surface area contributed by atoms with Gasteiger partial charge in [0.2, 0.25) is 0 Å². The van der Waals surface area contributed by atoms with Crippen LogP contribution >= 0.6 is 0 Å². The molecule has 0 saturated carbocycles. The van der Waals surface area contributed by atoms with Crippen molar-refractivity contribution in [2.24, 2.45) is 0 Å². The van der Waals surface area contributed by atoms with Crippen molar-refractivity contribution in [1.82, 2.24) is 15.0 Å². The van der Waals surface area contributed by atoms with Gasteiger partial charge in [0.05, 0.1) is 16.8 Å². The molecule has 0 unspecified atom stereocenters. The number of rotatable bonds is 5. The predicted octanol–water partition coefficient (Wildman–Crippen LogP) is 12.6. The predicted molar refractivity (Wildman–Crippen MR) is 223 cm³/mol. The fourth-order valence-corrected chi connectivity index (χ4v) is 9.07. The number of pyridine rings is 1. The first kappa shape index (κ1) is 31.3. The highest BCUT2D eigenvalue weighted by Crippen LogP contribution is 2.63. The minimum Gasteiger partial charge on any atom is -0.265 e. The van der Waals surface area contributed by atoms with Gasteiger partial charge in [0.1, 0.15) is 0 Å². The molecule has 0 N–H and O–H groups in total. The molecule has 2 aliphatic carbocycles. The minimum absolute atomic E-state index is 0.367. The van der Waals surface area contributed by atoms with E-state index in [0.717, 1.165) is 39.2 Å².